The van der Waals surface area contributed by atoms with Gasteiger partial charge in [-0.1, -0.05) is 24.3 Å². The molecule has 0 aliphatic rings. The highest BCUT2D eigenvalue weighted by Crippen LogP contribution is 2.25. The predicted molar refractivity (Wildman–Crippen MR) is 110 cm³/mol. The molecule has 156 valence electrons. The molecule has 10 heteroatoms. The van der Waals surface area contributed by atoms with Crippen LogP contribution in [0.25, 0.3) is 16.8 Å². The number of nitrogens with zero attached hydrogens (tertiary/aromatic N) is 2. The molecule has 2 aromatic carbocycles. The first-order chi connectivity index (χ1) is 14.5. The quantitative estimate of drug-likeness (QED) is 0.405. The molecule has 0 saturated heterocycles. The highest BCUT2D eigenvalue weighted by molar-refractivity contribution is 5.98. The molecule has 0 radical (unpaired) electrons. The summed E-state index contributed by atoms with van der Waals surface area (Å²) in [5, 5.41) is 15.2. The van der Waals surface area contributed by atoms with Gasteiger partial charge in [-0.25, -0.2) is 9.48 Å². The maximum atomic E-state index is 11.4. The fourth-order valence-corrected chi connectivity index (χ4v) is 2.57. The third-order valence-corrected chi connectivity index (χ3v) is 3.82. The summed E-state index contributed by atoms with van der Waals surface area (Å²) in [6.07, 6.45) is 1.93. The van der Waals surface area contributed by atoms with Crippen molar-refractivity contribution in [2.45, 2.75) is 0 Å². The van der Waals surface area contributed by atoms with Crippen LogP contribution in [0, 0.1) is 0 Å². The van der Waals surface area contributed by atoms with Crippen LogP contribution in [-0.4, -0.2) is 46.8 Å². The molecule has 10 nitrogen and oxygen atoms in total. The molecule has 0 bridgehead atoms. The van der Waals surface area contributed by atoms with E-state index >= 15 is 0 Å². The van der Waals surface area contributed by atoms with Gasteiger partial charge in [-0.3, -0.25) is 9.59 Å². The molecule has 0 unspecified atom stereocenters. The largest absolute Gasteiger partial charge is 0.482 e. The average Bonchev–Trinajstić information content (AvgIpc) is 3.19. The minimum Gasteiger partial charge on any atom is -0.482 e. The normalized spacial score (nSPS) is 9.80. The van der Waals surface area contributed by atoms with E-state index in [1.807, 2.05) is 18.2 Å². The van der Waals surface area contributed by atoms with Crippen LogP contribution in [0.15, 0.2) is 54.7 Å². The Bertz CT molecular complexity index is 1030. The van der Waals surface area contributed by atoms with E-state index in [-0.39, 0.29) is 11.4 Å². The van der Waals surface area contributed by atoms with E-state index in [1.165, 1.54) is 17.9 Å². The zero-order valence-electron chi connectivity index (χ0n) is 16.1. The Morgan fingerprint density at radius 3 is 2.47 bits per heavy atom. The number of nitrogens with one attached hydrogen (secondary N) is 1. The second-order valence-corrected chi connectivity index (χ2v) is 5.72. The van der Waals surface area contributed by atoms with Gasteiger partial charge >= 0.3 is 5.97 Å². The Morgan fingerprint density at radius 2 is 1.87 bits per heavy atom. The number of hydrogen-bond donors (Lipinski definition) is 4. The number of aliphatic carboxylic acids is 1. The Balaban J connectivity index is 0.00000155. The summed E-state index contributed by atoms with van der Waals surface area (Å²) in [4.78, 5) is 32.7. The van der Waals surface area contributed by atoms with Crippen molar-refractivity contribution in [2.24, 2.45) is 11.5 Å². The summed E-state index contributed by atoms with van der Waals surface area (Å²) >= 11 is 0. The van der Waals surface area contributed by atoms with Crippen molar-refractivity contribution in [2.75, 3.05) is 19.0 Å². The molecule has 6 N–H and O–H groups in total. The second-order valence-electron chi connectivity index (χ2n) is 5.72. The number of rotatable bonds is 8. The highest BCUT2D eigenvalue weighted by atomic mass is 16.5. The molecule has 1 aromatic heterocycles. The van der Waals surface area contributed by atoms with Gasteiger partial charge in [0.05, 0.1) is 17.6 Å². The molecule has 2 amide bonds. The van der Waals surface area contributed by atoms with E-state index in [9.17, 15) is 14.4 Å². The smallest absolute Gasteiger partial charge is 0.341 e. The van der Waals surface area contributed by atoms with Crippen molar-refractivity contribution in [3.63, 3.8) is 0 Å². The van der Waals surface area contributed by atoms with Gasteiger partial charge in [-0.05, 0) is 42.4 Å². The van der Waals surface area contributed by atoms with Crippen molar-refractivity contribution in [1.29, 1.82) is 0 Å². The number of hydrogen-bond acceptors (Lipinski definition) is 6. The number of carboxylic acids is 1. The lowest BCUT2D eigenvalue weighted by molar-refractivity contribution is -0.139. The van der Waals surface area contributed by atoms with Gasteiger partial charge < -0.3 is 26.6 Å². The summed E-state index contributed by atoms with van der Waals surface area (Å²) in [5.74, 6) is -1.35. The molecule has 0 aliphatic carbocycles. The number of primary amides is 1. The first-order valence-electron chi connectivity index (χ1n) is 8.71. The summed E-state index contributed by atoms with van der Waals surface area (Å²) < 4.78 is 6.62. The molecule has 30 heavy (non-hydrogen) atoms. The monoisotopic (exact) mass is 411 g/mol. The van der Waals surface area contributed by atoms with Gasteiger partial charge in [-0.2, -0.15) is 5.10 Å². The molecule has 3 aromatic rings. The lowest BCUT2D eigenvalue weighted by Gasteiger charge is -2.07. The standard InChI is InChI=1S/C19H16N4O5.CH5N/c20-19(27)18-16(21-11-24)9-23(22-18)14-6-4-12(5-7-14)13-2-1-3-15(8-13)28-10-17(25)26;1-2/h1-9,11H,10H2,(H2,20,27)(H,21,24)(H,25,26);2H2,1H3. The first kappa shape index (κ1) is 22.1. The number of carboxylic acid groups (broad SMARTS) is 1. The zero-order chi connectivity index (χ0) is 22.1. The summed E-state index contributed by atoms with van der Waals surface area (Å²) in [6, 6.07) is 14.3. The van der Waals surface area contributed by atoms with Gasteiger partial charge in [0.1, 0.15) is 5.75 Å². The second kappa shape index (κ2) is 10.4. The number of amides is 2. The number of ether oxygens (including phenoxy) is 1. The summed E-state index contributed by atoms with van der Waals surface area (Å²) in [6.45, 7) is -0.416. The lowest BCUT2D eigenvalue weighted by atomic mass is 10.1. The Hall–Kier alpha value is -4.18. The van der Waals surface area contributed by atoms with Crippen LogP contribution in [0.3, 0.4) is 0 Å². The van der Waals surface area contributed by atoms with E-state index in [1.54, 1.807) is 30.3 Å². The van der Waals surface area contributed by atoms with Crippen LogP contribution in [0.5, 0.6) is 5.75 Å². The number of nitrogens with two attached hydrogens (primary N) is 2. The number of carbonyl (C=O) groups excluding carboxylic acids is 2. The number of benzene rings is 2. The number of carbonyl (C=O) groups is 3. The van der Waals surface area contributed by atoms with Crippen LogP contribution in [0.2, 0.25) is 0 Å². The molecule has 0 fully saturated rings. The Labute approximate surface area is 172 Å². The van der Waals surface area contributed by atoms with Gasteiger partial charge in [0.2, 0.25) is 6.41 Å². The van der Waals surface area contributed by atoms with E-state index < -0.39 is 18.5 Å². The minimum atomic E-state index is -1.05. The lowest BCUT2D eigenvalue weighted by Crippen LogP contribution is -2.14. The average molecular weight is 411 g/mol. The van der Waals surface area contributed by atoms with E-state index in [0.717, 1.165) is 11.1 Å². The van der Waals surface area contributed by atoms with Crippen molar-refractivity contribution >= 4 is 24.0 Å². The zero-order valence-corrected chi connectivity index (χ0v) is 16.1. The van der Waals surface area contributed by atoms with Crippen LogP contribution in [-0.2, 0) is 9.59 Å². The third kappa shape index (κ3) is 5.42. The molecule has 0 atom stereocenters. The van der Waals surface area contributed by atoms with E-state index in [4.69, 9.17) is 15.6 Å². The van der Waals surface area contributed by atoms with Crippen molar-refractivity contribution in [1.82, 2.24) is 9.78 Å². The highest BCUT2D eigenvalue weighted by Gasteiger charge is 2.14. The van der Waals surface area contributed by atoms with E-state index in [0.29, 0.717) is 17.8 Å². The predicted octanol–water partition coefficient (Wildman–Crippen LogP) is 1.24. The number of aromatic nitrogens is 2. The third-order valence-electron chi connectivity index (χ3n) is 3.82. The molecular formula is C20H21N5O5. The SMILES string of the molecule is CN.NC(=O)c1nn(-c2ccc(-c3cccc(OCC(=O)O)c3)cc2)cc1NC=O. The number of anilines is 1. The topological polar surface area (TPSA) is 163 Å². The van der Waals surface area contributed by atoms with Gasteiger partial charge in [-0.15, -0.1) is 0 Å². The Morgan fingerprint density at radius 1 is 1.17 bits per heavy atom. The maximum Gasteiger partial charge on any atom is 0.341 e. The van der Waals surface area contributed by atoms with Crippen LogP contribution in [0.4, 0.5) is 5.69 Å². The molecular weight excluding hydrogens is 390 g/mol. The minimum absolute atomic E-state index is 0.0422. The van der Waals surface area contributed by atoms with Crippen LogP contribution >= 0.6 is 0 Å². The first-order valence-corrected chi connectivity index (χ1v) is 8.71. The van der Waals surface area contributed by atoms with Crippen molar-refractivity contribution < 1.29 is 24.2 Å². The Kier molecular flexibility index (Phi) is 7.66. The molecule has 0 spiro atoms. The summed E-state index contributed by atoms with van der Waals surface area (Å²) in [5.41, 5.74) is 12.3. The van der Waals surface area contributed by atoms with Crippen LogP contribution < -0.4 is 21.5 Å². The fraction of sp³-hybridized carbons (Fsp3) is 0.100. The molecule has 0 aliphatic heterocycles. The summed E-state index contributed by atoms with van der Waals surface area (Å²) in [7, 11) is 1.50. The van der Waals surface area contributed by atoms with Gasteiger partial charge in [0.25, 0.3) is 5.91 Å². The van der Waals surface area contributed by atoms with Crippen molar-refractivity contribution in [3.05, 3.63) is 60.4 Å². The van der Waals surface area contributed by atoms with Crippen molar-refractivity contribution in [3.8, 4) is 22.6 Å². The van der Waals surface area contributed by atoms with E-state index in [2.05, 4.69) is 16.1 Å². The van der Waals surface area contributed by atoms with Gasteiger partial charge in [0.15, 0.2) is 12.3 Å². The molecule has 3 rings (SSSR count). The molecule has 0 saturated carbocycles. The fourth-order valence-electron chi connectivity index (χ4n) is 2.57. The molecule has 1 heterocycles. The maximum absolute atomic E-state index is 11.4. The van der Waals surface area contributed by atoms with Gasteiger partial charge in [0, 0.05) is 0 Å². The van der Waals surface area contributed by atoms with Crippen LogP contribution in [0.1, 0.15) is 10.5 Å².